The molecular weight excluding hydrogens is 126 g/mol. The molecule has 0 aliphatic rings. The lowest BCUT2D eigenvalue weighted by Crippen LogP contribution is -1.90. The van der Waals surface area contributed by atoms with Gasteiger partial charge in [-0.25, -0.2) is 0 Å². The molecule has 0 saturated carbocycles. The number of hydrogen-bond acceptors (Lipinski definition) is 2. The van der Waals surface area contributed by atoms with E-state index >= 15 is 0 Å². The van der Waals surface area contributed by atoms with Gasteiger partial charge < -0.3 is 5.73 Å². The number of nitrogen functional groups attached to an aromatic ring is 1. The number of benzene rings is 1. The predicted octanol–water partition coefficient (Wildman–Crippen LogP) is 1.04. The zero-order valence-electron chi connectivity index (χ0n) is 5.72. The first-order valence-electron chi connectivity index (χ1n) is 2.98. The van der Waals surface area contributed by atoms with E-state index in [1.54, 1.807) is 24.5 Å². The Labute approximate surface area is 59.7 Å². The van der Waals surface area contributed by atoms with E-state index in [4.69, 9.17) is 5.73 Å². The molecule has 1 aromatic carbocycles. The van der Waals surface area contributed by atoms with Gasteiger partial charge in [-0.3, -0.25) is 4.79 Å². The predicted molar refractivity (Wildman–Crippen MR) is 40.4 cm³/mol. The van der Waals surface area contributed by atoms with Crippen LogP contribution in [0.3, 0.4) is 0 Å². The summed E-state index contributed by atoms with van der Waals surface area (Å²) in [5.41, 5.74) is 7.47. The Hall–Kier alpha value is -1.31. The minimum Gasteiger partial charge on any atom is -0.399 e. The zero-order chi connectivity index (χ0) is 7.56. The van der Waals surface area contributed by atoms with Gasteiger partial charge in [0.25, 0.3) is 0 Å². The lowest BCUT2D eigenvalue weighted by atomic mass is 10.1. The molecule has 10 heavy (non-hydrogen) atoms. The van der Waals surface area contributed by atoms with Crippen molar-refractivity contribution in [3.8, 4) is 0 Å². The largest absolute Gasteiger partial charge is 0.399 e. The van der Waals surface area contributed by atoms with Crippen LogP contribution < -0.4 is 5.73 Å². The molecule has 0 bridgehead atoms. The summed E-state index contributed by atoms with van der Waals surface area (Å²) in [7, 11) is 0. The third kappa shape index (κ3) is 1.16. The van der Waals surface area contributed by atoms with E-state index in [1.165, 1.54) is 0 Å². The monoisotopic (exact) mass is 134 g/mol. The summed E-state index contributed by atoms with van der Waals surface area (Å²) in [5.74, 6) is 0. The van der Waals surface area contributed by atoms with Crippen molar-refractivity contribution in [3.05, 3.63) is 29.3 Å². The van der Waals surface area contributed by atoms with Gasteiger partial charge in [-0.05, 0) is 24.6 Å². The first kappa shape index (κ1) is 6.81. The summed E-state index contributed by atoms with van der Waals surface area (Å²) >= 11 is 0. The van der Waals surface area contributed by atoms with Gasteiger partial charge in [0.1, 0.15) is 0 Å². The molecule has 0 heterocycles. The van der Waals surface area contributed by atoms with Crippen LogP contribution in [0.25, 0.3) is 0 Å². The van der Waals surface area contributed by atoms with E-state index in [2.05, 4.69) is 0 Å². The van der Waals surface area contributed by atoms with E-state index in [9.17, 15) is 4.79 Å². The van der Waals surface area contributed by atoms with Crippen LogP contribution >= 0.6 is 0 Å². The van der Waals surface area contributed by atoms with Crippen molar-refractivity contribution >= 4 is 12.0 Å². The minimum absolute atomic E-state index is 0.542. The van der Waals surface area contributed by atoms with Gasteiger partial charge in [0.15, 0.2) is 0 Å². The Morgan fingerprint density at radius 3 is 2.70 bits per heavy atom. The molecule has 0 atom stereocenters. The quantitative estimate of drug-likeness (QED) is 0.583. The molecule has 0 aliphatic heterocycles. The van der Waals surface area contributed by atoms with Gasteiger partial charge in [0.2, 0.25) is 6.29 Å². The third-order valence-corrected chi connectivity index (χ3v) is 1.37. The summed E-state index contributed by atoms with van der Waals surface area (Å²) in [6, 6.07) is 5.17. The van der Waals surface area contributed by atoms with Gasteiger partial charge in [-0.15, -0.1) is 0 Å². The molecule has 0 aliphatic carbocycles. The second-order valence-electron chi connectivity index (χ2n) is 2.18. The molecule has 0 amide bonds. The second kappa shape index (κ2) is 2.52. The molecule has 0 fully saturated rings. The molecule has 1 radical (unpaired) electrons. The van der Waals surface area contributed by atoms with Crippen LogP contribution in [0.15, 0.2) is 18.2 Å². The maximum atomic E-state index is 10.2. The Morgan fingerprint density at radius 2 is 2.20 bits per heavy atom. The lowest BCUT2D eigenvalue weighted by Gasteiger charge is -1.96. The molecule has 2 heteroatoms. The van der Waals surface area contributed by atoms with Crippen LogP contribution in [-0.2, 0) is 4.79 Å². The fraction of sp³-hybridized carbons (Fsp3) is 0.125. The molecule has 2 nitrogen and oxygen atoms in total. The van der Waals surface area contributed by atoms with Gasteiger partial charge >= 0.3 is 0 Å². The van der Waals surface area contributed by atoms with Crippen LogP contribution in [0.1, 0.15) is 11.1 Å². The lowest BCUT2D eigenvalue weighted by molar-refractivity contribution is 0.562. The highest BCUT2D eigenvalue weighted by molar-refractivity contribution is 5.79. The number of rotatable bonds is 1. The van der Waals surface area contributed by atoms with Gasteiger partial charge in [0.05, 0.1) is 0 Å². The normalized spacial score (nSPS) is 9.30. The standard InChI is InChI=1S/C8H8NO/c1-6-2-3-8(9)4-7(6)5-10/h2-4H,9H2,1H3. The Balaban J connectivity index is 3.21. The molecule has 51 valence electrons. The fourth-order valence-corrected chi connectivity index (χ4v) is 0.750. The summed E-state index contributed by atoms with van der Waals surface area (Å²) < 4.78 is 0. The van der Waals surface area contributed by atoms with Crippen molar-refractivity contribution < 1.29 is 4.79 Å². The number of hydrogen-bond donors (Lipinski definition) is 1. The molecular formula is C8H8NO. The highest BCUT2D eigenvalue weighted by atomic mass is 16.1. The first-order chi connectivity index (χ1) is 4.74. The van der Waals surface area contributed by atoms with Crippen LogP contribution in [0.2, 0.25) is 0 Å². The summed E-state index contributed by atoms with van der Waals surface area (Å²) in [6.07, 6.45) is 1.81. The van der Waals surface area contributed by atoms with E-state index in [-0.39, 0.29) is 0 Å². The highest BCUT2D eigenvalue weighted by Gasteiger charge is 1.95. The van der Waals surface area contributed by atoms with Crippen molar-refractivity contribution in [1.29, 1.82) is 0 Å². The van der Waals surface area contributed by atoms with E-state index in [0.29, 0.717) is 11.3 Å². The smallest absolute Gasteiger partial charge is 0.233 e. The summed E-state index contributed by atoms with van der Waals surface area (Å²) in [5, 5.41) is 0. The number of anilines is 1. The number of nitrogens with two attached hydrogens (primary N) is 1. The second-order valence-corrected chi connectivity index (χ2v) is 2.18. The first-order valence-corrected chi connectivity index (χ1v) is 2.98. The van der Waals surface area contributed by atoms with Crippen molar-refractivity contribution in [2.24, 2.45) is 0 Å². The zero-order valence-corrected chi connectivity index (χ0v) is 5.72. The molecule has 1 rings (SSSR count). The van der Waals surface area contributed by atoms with Crippen LogP contribution in [0, 0.1) is 6.92 Å². The average Bonchev–Trinajstić information content (AvgIpc) is 1.94. The SMILES string of the molecule is Cc1ccc(N)cc1[C]=O. The van der Waals surface area contributed by atoms with Gasteiger partial charge in [-0.1, -0.05) is 6.07 Å². The molecule has 0 aromatic heterocycles. The van der Waals surface area contributed by atoms with Crippen LogP contribution in [0.5, 0.6) is 0 Å². The van der Waals surface area contributed by atoms with Crippen molar-refractivity contribution in [2.75, 3.05) is 5.73 Å². The van der Waals surface area contributed by atoms with Gasteiger partial charge in [-0.2, -0.15) is 0 Å². The van der Waals surface area contributed by atoms with Crippen LogP contribution in [0.4, 0.5) is 5.69 Å². The van der Waals surface area contributed by atoms with E-state index < -0.39 is 0 Å². The highest BCUT2D eigenvalue weighted by Crippen LogP contribution is 2.09. The average molecular weight is 134 g/mol. The Morgan fingerprint density at radius 1 is 1.50 bits per heavy atom. The fourth-order valence-electron chi connectivity index (χ4n) is 0.750. The molecule has 0 spiro atoms. The van der Waals surface area contributed by atoms with E-state index in [1.807, 2.05) is 6.92 Å². The molecule has 1 aromatic rings. The maximum absolute atomic E-state index is 10.2. The number of carbonyl (C=O) groups excluding carboxylic acids is 1. The summed E-state index contributed by atoms with van der Waals surface area (Å²) in [6.45, 7) is 1.85. The Bertz CT molecular complexity index is 255. The molecule has 0 unspecified atom stereocenters. The minimum atomic E-state index is 0.542. The third-order valence-electron chi connectivity index (χ3n) is 1.37. The molecule has 2 N–H and O–H groups in total. The molecule has 0 saturated heterocycles. The topological polar surface area (TPSA) is 43.1 Å². The van der Waals surface area contributed by atoms with Crippen LogP contribution in [-0.4, -0.2) is 6.29 Å². The maximum Gasteiger partial charge on any atom is 0.233 e. The van der Waals surface area contributed by atoms with Gasteiger partial charge in [0, 0.05) is 11.3 Å². The summed E-state index contributed by atoms with van der Waals surface area (Å²) in [4.78, 5) is 10.2. The Kier molecular flexibility index (Phi) is 1.71. The van der Waals surface area contributed by atoms with Crippen molar-refractivity contribution in [1.82, 2.24) is 0 Å². The van der Waals surface area contributed by atoms with Crippen molar-refractivity contribution in [2.45, 2.75) is 6.92 Å². The number of aryl methyl sites for hydroxylation is 1. The van der Waals surface area contributed by atoms with E-state index in [0.717, 1.165) is 5.56 Å². The van der Waals surface area contributed by atoms with Crippen molar-refractivity contribution in [3.63, 3.8) is 0 Å².